The van der Waals surface area contributed by atoms with Gasteiger partial charge >= 0.3 is 0 Å². The zero-order chi connectivity index (χ0) is 29.6. The summed E-state index contributed by atoms with van der Waals surface area (Å²) in [4.78, 5) is 33.1. The first kappa shape index (κ1) is 29.5. The van der Waals surface area contributed by atoms with Crippen LogP contribution in [0.4, 0.5) is 11.6 Å². The highest BCUT2D eigenvalue weighted by molar-refractivity contribution is 7.99. The summed E-state index contributed by atoms with van der Waals surface area (Å²) in [5, 5.41) is 11.7. The lowest BCUT2D eigenvalue weighted by atomic mass is 9.94. The minimum atomic E-state index is -0.576. The van der Waals surface area contributed by atoms with Gasteiger partial charge in [-0.1, -0.05) is 36.9 Å². The lowest BCUT2D eigenvalue weighted by Gasteiger charge is -2.29. The van der Waals surface area contributed by atoms with Gasteiger partial charge in [0.25, 0.3) is 11.8 Å². The number of fused-ring (bicyclic) bond motifs is 1. The summed E-state index contributed by atoms with van der Waals surface area (Å²) in [6, 6.07) is 12.7. The highest BCUT2D eigenvalue weighted by atomic mass is 32.2. The molecule has 42 heavy (non-hydrogen) atoms. The molecule has 3 heterocycles. The van der Waals surface area contributed by atoms with E-state index in [1.807, 2.05) is 69.0 Å². The molecule has 1 aromatic heterocycles. The highest BCUT2D eigenvalue weighted by Crippen LogP contribution is 2.40. The Kier molecular flexibility index (Phi) is 9.36. The van der Waals surface area contributed by atoms with Crippen LogP contribution in [0.2, 0.25) is 0 Å². The number of nitrogens with zero attached hydrogens (tertiary/aromatic N) is 4. The summed E-state index contributed by atoms with van der Waals surface area (Å²) in [5.74, 6) is 2.09. The minimum absolute atomic E-state index is 0.0264. The molecule has 3 aromatic rings. The van der Waals surface area contributed by atoms with Crippen molar-refractivity contribution in [3.8, 4) is 11.5 Å². The van der Waals surface area contributed by atoms with Gasteiger partial charge in [0, 0.05) is 24.5 Å². The summed E-state index contributed by atoms with van der Waals surface area (Å²) in [5.41, 5.74) is 3.74. The van der Waals surface area contributed by atoms with E-state index in [9.17, 15) is 9.59 Å². The van der Waals surface area contributed by atoms with Crippen molar-refractivity contribution < 1.29 is 19.1 Å². The number of hydrogen-bond acceptors (Lipinski definition) is 8. The van der Waals surface area contributed by atoms with E-state index in [-0.39, 0.29) is 18.4 Å². The fourth-order valence-corrected chi connectivity index (χ4v) is 5.86. The number of benzene rings is 2. The molecule has 2 aromatic carbocycles. The van der Waals surface area contributed by atoms with E-state index in [0.29, 0.717) is 46.2 Å². The first-order valence-corrected chi connectivity index (χ1v) is 15.5. The maximum Gasteiger partial charge on any atom is 0.260 e. The van der Waals surface area contributed by atoms with Gasteiger partial charge in [0.05, 0.1) is 12.2 Å². The van der Waals surface area contributed by atoms with Gasteiger partial charge in [0.2, 0.25) is 11.1 Å². The quantitative estimate of drug-likeness (QED) is 0.302. The maximum atomic E-state index is 13.8. The van der Waals surface area contributed by atoms with Gasteiger partial charge in [-0.25, -0.2) is 4.68 Å². The largest absolute Gasteiger partial charge is 0.490 e. The molecular formula is C31H38N6O4S. The first-order chi connectivity index (χ1) is 20.4. The van der Waals surface area contributed by atoms with Crippen LogP contribution in [0.3, 0.4) is 0 Å². The molecule has 10 nitrogen and oxygen atoms in total. The molecule has 0 aliphatic carbocycles. The van der Waals surface area contributed by atoms with E-state index in [1.54, 1.807) is 10.7 Å². The molecule has 2 amide bonds. The second kappa shape index (κ2) is 13.3. The number of rotatable bonds is 10. The third kappa shape index (κ3) is 6.56. The van der Waals surface area contributed by atoms with Gasteiger partial charge in [0.1, 0.15) is 6.04 Å². The number of aromatic nitrogens is 3. The number of anilines is 2. The number of ether oxygens (including phenoxy) is 2. The fourth-order valence-electron chi connectivity index (χ4n) is 5.30. The zero-order valence-corrected chi connectivity index (χ0v) is 25.4. The summed E-state index contributed by atoms with van der Waals surface area (Å²) < 4.78 is 13.7. The number of allylic oxidation sites excluding steroid dienone is 1. The van der Waals surface area contributed by atoms with Crippen molar-refractivity contribution in [1.82, 2.24) is 19.7 Å². The van der Waals surface area contributed by atoms with Crippen LogP contribution in [0.1, 0.15) is 57.2 Å². The van der Waals surface area contributed by atoms with Crippen LogP contribution < -0.4 is 20.1 Å². The molecule has 2 aliphatic rings. The lowest BCUT2D eigenvalue weighted by Crippen LogP contribution is -2.38. The van der Waals surface area contributed by atoms with Crippen molar-refractivity contribution in [3.05, 3.63) is 64.9 Å². The Bertz CT molecular complexity index is 1480. The SMILES string of the molecule is CCOc1cc(C2C(C(=O)Nc3cccc(C)c3)=C(C)Nc3nc(SCC)nn32)ccc1OCC(=O)N1CCCCC1. The predicted molar refractivity (Wildman–Crippen MR) is 164 cm³/mol. The Balaban J connectivity index is 1.48. The van der Waals surface area contributed by atoms with Crippen LogP contribution in [0.5, 0.6) is 11.5 Å². The summed E-state index contributed by atoms with van der Waals surface area (Å²) >= 11 is 1.53. The van der Waals surface area contributed by atoms with Crippen LogP contribution in [0.15, 0.2) is 58.9 Å². The molecule has 5 rings (SSSR count). The van der Waals surface area contributed by atoms with Crippen molar-refractivity contribution in [1.29, 1.82) is 0 Å². The molecule has 0 spiro atoms. The van der Waals surface area contributed by atoms with Crippen molar-refractivity contribution in [3.63, 3.8) is 0 Å². The normalized spacial score (nSPS) is 16.5. The van der Waals surface area contributed by atoms with Crippen LogP contribution in [-0.4, -0.2) is 63.5 Å². The fraction of sp³-hybridized carbons (Fsp3) is 0.419. The Morgan fingerprint density at radius 3 is 2.60 bits per heavy atom. The molecule has 1 atom stereocenters. The zero-order valence-electron chi connectivity index (χ0n) is 24.6. The highest BCUT2D eigenvalue weighted by Gasteiger charge is 2.35. The van der Waals surface area contributed by atoms with Crippen molar-refractivity contribution in [2.24, 2.45) is 0 Å². The van der Waals surface area contributed by atoms with E-state index in [2.05, 4.69) is 15.6 Å². The number of hydrogen-bond donors (Lipinski definition) is 2. The average molecular weight is 591 g/mol. The number of amides is 2. The molecule has 0 saturated carbocycles. The molecule has 1 unspecified atom stereocenters. The Hall–Kier alpha value is -3.99. The molecule has 11 heteroatoms. The molecule has 0 bridgehead atoms. The van der Waals surface area contributed by atoms with Crippen LogP contribution in [0.25, 0.3) is 0 Å². The smallest absolute Gasteiger partial charge is 0.260 e. The molecule has 2 N–H and O–H groups in total. The minimum Gasteiger partial charge on any atom is -0.490 e. The lowest BCUT2D eigenvalue weighted by molar-refractivity contribution is -0.134. The van der Waals surface area contributed by atoms with Crippen LogP contribution in [-0.2, 0) is 9.59 Å². The summed E-state index contributed by atoms with van der Waals surface area (Å²) in [7, 11) is 0. The van der Waals surface area contributed by atoms with Gasteiger partial charge < -0.3 is 25.0 Å². The first-order valence-electron chi connectivity index (χ1n) is 14.5. The number of piperidine rings is 1. The number of thioether (sulfide) groups is 1. The molecule has 1 saturated heterocycles. The third-order valence-corrected chi connectivity index (χ3v) is 7.99. The van der Waals surface area contributed by atoms with E-state index < -0.39 is 6.04 Å². The predicted octanol–water partition coefficient (Wildman–Crippen LogP) is 5.42. The van der Waals surface area contributed by atoms with Crippen LogP contribution >= 0.6 is 11.8 Å². The standard InChI is InChI=1S/C31H38N6O4S/c1-5-40-25-18-22(13-14-24(25)41-19-26(38)36-15-8-7-9-16-36)28-27(29(39)33-23-12-10-11-20(3)17-23)21(4)32-30-34-31(42-6-2)35-37(28)30/h10-14,17-18,28H,5-9,15-16,19H2,1-4H3,(H,33,39)(H,32,34,35). The number of nitrogens with one attached hydrogen (secondary N) is 2. The Labute approximate surface area is 250 Å². The van der Waals surface area contributed by atoms with Gasteiger partial charge in [-0.05, 0) is 81.2 Å². The van der Waals surface area contributed by atoms with E-state index >= 15 is 0 Å². The van der Waals surface area contributed by atoms with Gasteiger partial charge in [0.15, 0.2) is 18.1 Å². The van der Waals surface area contributed by atoms with Crippen LogP contribution in [0, 0.1) is 6.92 Å². The van der Waals surface area contributed by atoms with E-state index in [1.165, 1.54) is 11.8 Å². The van der Waals surface area contributed by atoms with Crippen molar-refractivity contribution in [2.45, 2.75) is 58.2 Å². The van der Waals surface area contributed by atoms with E-state index in [0.717, 1.165) is 49.2 Å². The Morgan fingerprint density at radius 1 is 1.05 bits per heavy atom. The monoisotopic (exact) mass is 590 g/mol. The molecular weight excluding hydrogens is 552 g/mol. The number of aryl methyl sites for hydroxylation is 1. The van der Waals surface area contributed by atoms with E-state index in [4.69, 9.17) is 14.6 Å². The molecule has 222 valence electrons. The summed E-state index contributed by atoms with van der Waals surface area (Å²) in [6.45, 7) is 9.69. The molecule has 2 aliphatic heterocycles. The summed E-state index contributed by atoms with van der Waals surface area (Å²) in [6.07, 6.45) is 3.20. The topological polar surface area (TPSA) is 111 Å². The van der Waals surface area contributed by atoms with Gasteiger partial charge in [-0.3, -0.25) is 9.59 Å². The number of likely N-dealkylation sites (tertiary alicyclic amines) is 1. The van der Waals surface area contributed by atoms with Gasteiger partial charge in [-0.15, -0.1) is 5.10 Å². The Morgan fingerprint density at radius 2 is 1.86 bits per heavy atom. The van der Waals surface area contributed by atoms with Crippen molar-refractivity contribution in [2.75, 3.05) is 42.7 Å². The second-order valence-corrected chi connectivity index (χ2v) is 11.6. The average Bonchev–Trinajstić information content (AvgIpc) is 3.38. The third-order valence-electron chi connectivity index (χ3n) is 7.27. The van der Waals surface area contributed by atoms with Crippen molar-refractivity contribution >= 4 is 35.2 Å². The number of carbonyl (C=O) groups excluding carboxylic acids is 2. The maximum absolute atomic E-state index is 13.8. The van der Waals surface area contributed by atoms with Gasteiger partial charge in [-0.2, -0.15) is 4.98 Å². The molecule has 1 fully saturated rings. The number of carbonyl (C=O) groups is 2. The second-order valence-electron chi connectivity index (χ2n) is 10.4. The molecule has 0 radical (unpaired) electrons.